The van der Waals surface area contributed by atoms with Crippen LogP contribution in [0.4, 0.5) is 0 Å². The predicted octanol–water partition coefficient (Wildman–Crippen LogP) is 2.39. The van der Waals surface area contributed by atoms with Gasteiger partial charge in [-0.25, -0.2) is 9.67 Å². The lowest BCUT2D eigenvalue weighted by Crippen LogP contribution is -1.98. The molecule has 6 heteroatoms. The van der Waals surface area contributed by atoms with E-state index in [0.717, 1.165) is 10.7 Å². The molecule has 2 aromatic rings. The first kappa shape index (κ1) is 10.6. The molecule has 0 saturated carbocycles. The zero-order valence-corrected chi connectivity index (χ0v) is 10.1. The van der Waals surface area contributed by atoms with E-state index >= 15 is 0 Å². The molecule has 2 rings (SSSR count). The molecule has 0 aliphatic rings. The standard InChI is InChI=1S/C9H11ClN4S/c1-6(10)9-5-14(13-12-9)4-8-3-11-7(2)15-8/h3,5-6H,4H2,1-2H3. The lowest BCUT2D eigenvalue weighted by atomic mass is 10.4. The van der Waals surface area contributed by atoms with Crippen molar-refractivity contribution in [2.75, 3.05) is 0 Å². The summed E-state index contributed by atoms with van der Waals surface area (Å²) in [5.74, 6) is 0. The number of alkyl halides is 1. The molecule has 4 nitrogen and oxygen atoms in total. The first-order chi connectivity index (χ1) is 7.15. The zero-order valence-electron chi connectivity index (χ0n) is 8.51. The molecule has 0 fully saturated rings. The Balaban J connectivity index is 2.11. The molecular formula is C9H11ClN4S. The molecule has 0 N–H and O–H groups in total. The second-order valence-corrected chi connectivity index (χ2v) is 5.28. The Kier molecular flexibility index (Phi) is 3.02. The lowest BCUT2D eigenvalue weighted by Gasteiger charge is -1.95. The zero-order chi connectivity index (χ0) is 10.8. The SMILES string of the molecule is Cc1ncc(Cn2cc(C(C)Cl)nn2)s1. The fourth-order valence-corrected chi connectivity index (χ4v) is 2.10. The molecule has 0 aliphatic carbocycles. The average Bonchev–Trinajstić information content (AvgIpc) is 2.76. The highest BCUT2D eigenvalue weighted by molar-refractivity contribution is 7.11. The second kappa shape index (κ2) is 4.28. The Bertz CT molecular complexity index is 448. The molecule has 0 radical (unpaired) electrons. The number of halogens is 1. The van der Waals surface area contributed by atoms with Gasteiger partial charge in [0, 0.05) is 11.1 Å². The largest absolute Gasteiger partial charge is 0.250 e. The Labute approximate surface area is 96.9 Å². The molecule has 2 aromatic heterocycles. The van der Waals surface area contributed by atoms with Gasteiger partial charge in [-0.3, -0.25) is 0 Å². The van der Waals surface area contributed by atoms with Crippen LogP contribution < -0.4 is 0 Å². The molecule has 0 aromatic carbocycles. The molecule has 2 heterocycles. The van der Waals surface area contributed by atoms with Crippen molar-refractivity contribution in [1.82, 2.24) is 20.0 Å². The van der Waals surface area contributed by atoms with Crippen LogP contribution in [0, 0.1) is 6.92 Å². The summed E-state index contributed by atoms with van der Waals surface area (Å²) in [6.45, 7) is 4.58. The number of thiazole rings is 1. The molecular weight excluding hydrogens is 232 g/mol. The normalized spacial score (nSPS) is 13.0. The first-order valence-electron chi connectivity index (χ1n) is 4.60. The van der Waals surface area contributed by atoms with Gasteiger partial charge in [-0.15, -0.1) is 28.0 Å². The summed E-state index contributed by atoms with van der Waals surface area (Å²) < 4.78 is 1.78. The molecule has 1 atom stereocenters. The third-order valence-electron chi connectivity index (χ3n) is 1.95. The van der Waals surface area contributed by atoms with Crippen LogP contribution in [0.1, 0.15) is 27.9 Å². The van der Waals surface area contributed by atoms with Gasteiger partial charge in [0.1, 0.15) is 5.69 Å². The number of aromatic nitrogens is 4. The van der Waals surface area contributed by atoms with E-state index in [2.05, 4.69) is 15.3 Å². The van der Waals surface area contributed by atoms with Crippen molar-refractivity contribution < 1.29 is 0 Å². The van der Waals surface area contributed by atoms with Gasteiger partial charge in [-0.2, -0.15) is 0 Å². The molecule has 80 valence electrons. The third kappa shape index (κ3) is 2.54. The first-order valence-corrected chi connectivity index (χ1v) is 5.86. The summed E-state index contributed by atoms with van der Waals surface area (Å²) in [6.07, 6.45) is 3.73. The van der Waals surface area contributed by atoms with Crippen molar-refractivity contribution in [2.24, 2.45) is 0 Å². The second-order valence-electron chi connectivity index (χ2n) is 3.30. The smallest absolute Gasteiger partial charge is 0.100 e. The summed E-state index contributed by atoms with van der Waals surface area (Å²) in [5, 5.41) is 8.96. The number of aryl methyl sites for hydroxylation is 1. The topological polar surface area (TPSA) is 43.6 Å². The van der Waals surface area contributed by atoms with E-state index in [1.54, 1.807) is 16.0 Å². The Morgan fingerprint density at radius 3 is 2.93 bits per heavy atom. The lowest BCUT2D eigenvalue weighted by molar-refractivity contribution is 0.654. The van der Waals surface area contributed by atoms with Crippen molar-refractivity contribution in [3.8, 4) is 0 Å². The highest BCUT2D eigenvalue weighted by Crippen LogP contribution is 2.17. The van der Waals surface area contributed by atoms with Crippen molar-refractivity contribution in [2.45, 2.75) is 25.8 Å². The summed E-state index contributed by atoms with van der Waals surface area (Å²) >= 11 is 7.57. The van der Waals surface area contributed by atoms with E-state index in [9.17, 15) is 0 Å². The fourth-order valence-electron chi connectivity index (χ4n) is 1.21. The van der Waals surface area contributed by atoms with E-state index in [4.69, 9.17) is 11.6 Å². The summed E-state index contributed by atoms with van der Waals surface area (Å²) in [6, 6.07) is 0. The van der Waals surface area contributed by atoms with Gasteiger partial charge in [-0.1, -0.05) is 5.21 Å². The van der Waals surface area contributed by atoms with Gasteiger partial charge in [0.25, 0.3) is 0 Å². The van der Waals surface area contributed by atoms with E-state index < -0.39 is 0 Å². The van der Waals surface area contributed by atoms with Gasteiger partial charge in [0.15, 0.2) is 0 Å². The Hall–Kier alpha value is -0.940. The van der Waals surface area contributed by atoms with Gasteiger partial charge in [0.05, 0.1) is 23.1 Å². The summed E-state index contributed by atoms with van der Waals surface area (Å²) in [4.78, 5) is 5.36. The molecule has 0 saturated heterocycles. The maximum atomic E-state index is 5.90. The minimum atomic E-state index is -0.0954. The van der Waals surface area contributed by atoms with Gasteiger partial charge in [-0.05, 0) is 13.8 Å². The van der Waals surface area contributed by atoms with Gasteiger partial charge in [0.2, 0.25) is 0 Å². The molecule has 0 spiro atoms. The number of hydrogen-bond donors (Lipinski definition) is 0. The molecule has 0 amide bonds. The number of rotatable bonds is 3. The van der Waals surface area contributed by atoms with E-state index in [-0.39, 0.29) is 5.38 Å². The number of hydrogen-bond acceptors (Lipinski definition) is 4. The maximum absolute atomic E-state index is 5.90. The summed E-state index contributed by atoms with van der Waals surface area (Å²) in [7, 11) is 0. The van der Waals surface area contributed by atoms with Crippen LogP contribution in [0.25, 0.3) is 0 Å². The van der Waals surface area contributed by atoms with E-state index in [0.29, 0.717) is 6.54 Å². The highest BCUT2D eigenvalue weighted by atomic mass is 35.5. The average molecular weight is 243 g/mol. The molecule has 1 unspecified atom stereocenters. The minimum Gasteiger partial charge on any atom is -0.250 e. The van der Waals surface area contributed by atoms with Crippen LogP contribution >= 0.6 is 22.9 Å². The third-order valence-corrected chi connectivity index (χ3v) is 3.07. The van der Waals surface area contributed by atoms with Gasteiger partial charge < -0.3 is 0 Å². The predicted molar refractivity (Wildman–Crippen MR) is 60.2 cm³/mol. The summed E-state index contributed by atoms with van der Waals surface area (Å²) in [5.41, 5.74) is 0.804. The fraction of sp³-hybridized carbons (Fsp3) is 0.444. The van der Waals surface area contributed by atoms with Crippen molar-refractivity contribution >= 4 is 22.9 Å². The van der Waals surface area contributed by atoms with Crippen LogP contribution in [0.2, 0.25) is 0 Å². The molecule has 0 bridgehead atoms. The van der Waals surface area contributed by atoms with E-state index in [1.807, 2.05) is 26.2 Å². The van der Waals surface area contributed by atoms with Crippen molar-refractivity contribution in [1.29, 1.82) is 0 Å². The maximum Gasteiger partial charge on any atom is 0.100 e. The van der Waals surface area contributed by atoms with Crippen molar-refractivity contribution in [3.05, 3.63) is 28.0 Å². The van der Waals surface area contributed by atoms with Crippen LogP contribution in [-0.2, 0) is 6.54 Å². The number of nitrogens with zero attached hydrogens (tertiary/aromatic N) is 4. The van der Waals surface area contributed by atoms with Crippen LogP contribution in [0.15, 0.2) is 12.4 Å². The van der Waals surface area contributed by atoms with Crippen LogP contribution in [0.3, 0.4) is 0 Å². The molecule has 0 aliphatic heterocycles. The van der Waals surface area contributed by atoms with Crippen LogP contribution in [0.5, 0.6) is 0 Å². The van der Waals surface area contributed by atoms with Crippen molar-refractivity contribution in [3.63, 3.8) is 0 Å². The minimum absolute atomic E-state index is 0.0954. The highest BCUT2D eigenvalue weighted by Gasteiger charge is 2.07. The van der Waals surface area contributed by atoms with E-state index in [1.165, 1.54) is 4.88 Å². The van der Waals surface area contributed by atoms with Crippen LogP contribution in [-0.4, -0.2) is 20.0 Å². The molecule has 15 heavy (non-hydrogen) atoms. The van der Waals surface area contributed by atoms with Gasteiger partial charge >= 0.3 is 0 Å². The Morgan fingerprint density at radius 2 is 2.40 bits per heavy atom. The quantitative estimate of drug-likeness (QED) is 0.777. The monoisotopic (exact) mass is 242 g/mol. The Morgan fingerprint density at radius 1 is 1.60 bits per heavy atom.